The number of carbonyl (C=O) groups is 1. The first kappa shape index (κ1) is 16.3. The zero-order chi connectivity index (χ0) is 16.9. The van der Waals surface area contributed by atoms with Crippen LogP contribution in [0.2, 0.25) is 0 Å². The Morgan fingerprint density at radius 2 is 1.92 bits per heavy atom. The lowest BCUT2D eigenvalue weighted by Crippen LogP contribution is -2.49. The maximum atomic E-state index is 12.5. The van der Waals surface area contributed by atoms with Crippen LogP contribution in [0.15, 0.2) is 30.3 Å². The average Bonchev–Trinajstić information content (AvgIpc) is 3.00. The van der Waals surface area contributed by atoms with Gasteiger partial charge in [0.15, 0.2) is 5.82 Å². The van der Waals surface area contributed by atoms with E-state index in [1.54, 1.807) is 0 Å². The van der Waals surface area contributed by atoms with E-state index in [1.165, 1.54) is 4.68 Å². The predicted molar refractivity (Wildman–Crippen MR) is 89.8 cm³/mol. The molecule has 7 heteroatoms. The quantitative estimate of drug-likeness (QED) is 0.850. The van der Waals surface area contributed by atoms with E-state index >= 15 is 0 Å². The molecular formula is C17H21N5O2. The minimum absolute atomic E-state index is 0.00124. The predicted octanol–water partition coefficient (Wildman–Crippen LogP) is 1.48. The van der Waals surface area contributed by atoms with Crippen molar-refractivity contribution in [1.29, 1.82) is 0 Å². The third-order valence-electron chi connectivity index (χ3n) is 3.84. The normalized spacial score (nSPS) is 21.3. The summed E-state index contributed by atoms with van der Waals surface area (Å²) in [4.78, 5) is 14.3. The van der Waals surface area contributed by atoms with Gasteiger partial charge < -0.3 is 9.64 Å². The van der Waals surface area contributed by atoms with Crippen molar-refractivity contribution in [3.05, 3.63) is 41.7 Å². The molecule has 7 nitrogen and oxygen atoms in total. The minimum atomic E-state index is -0.00124. The second kappa shape index (κ2) is 7.35. The molecule has 3 rings (SSSR count). The smallest absolute Gasteiger partial charge is 0.244 e. The molecule has 1 aromatic heterocycles. The highest BCUT2D eigenvalue weighted by Gasteiger charge is 2.26. The molecule has 1 aromatic carbocycles. The van der Waals surface area contributed by atoms with Crippen LogP contribution >= 0.6 is 0 Å². The van der Waals surface area contributed by atoms with Crippen LogP contribution < -0.4 is 0 Å². The second-order valence-corrected chi connectivity index (χ2v) is 5.99. The summed E-state index contributed by atoms with van der Waals surface area (Å²) in [5.74, 6) is 0.556. The summed E-state index contributed by atoms with van der Waals surface area (Å²) in [7, 11) is 0. The Labute approximate surface area is 140 Å². The maximum absolute atomic E-state index is 12.5. The van der Waals surface area contributed by atoms with Crippen LogP contribution in [0.5, 0.6) is 0 Å². The van der Waals surface area contributed by atoms with Gasteiger partial charge in [0, 0.05) is 13.1 Å². The topological polar surface area (TPSA) is 73.1 Å². The fourth-order valence-electron chi connectivity index (χ4n) is 2.79. The van der Waals surface area contributed by atoms with Crippen molar-refractivity contribution in [2.45, 2.75) is 32.6 Å². The monoisotopic (exact) mass is 327 g/mol. The van der Waals surface area contributed by atoms with Gasteiger partial charge in [-0.05, 0) is 35.9 Å². The summed E-state index contributed by atoms with van der Waals surface area (Å²) in [6.07, 6.45) is 3.83. The van der Waals surface area contributed by atoms with Crippen molar-refractivity contribution < 1.29 is 9.53 Å². The van der Waals surface area contributed by atoms with Crippen LogP contribution in [0.4, 0.5) is 0 Å². The number of benzene rings is 1. The third-order valence-corrected chi connectivity index (χ3v) is 3.84. The lowest BCUT2D eigenvalue weighted by atomic mass is 10.2. The van der Waals surface area contributed by atoms with Gasteiger partial charge in [-0.15, -0.1) is 5.10 Å². The number of morpholine rings is 1. The van der Waals surface area contributed by atoms with Crippen molar-refractivity contribution in [3.8, 4) is 0 Å². The van der Waals surface area contributed by atoms with E-state index in [-0.39, 0.29) is 24.7 Å². The fourth-order valence-corrected chi connectivity index (χ4v) is 2.79. The van der Waals surface area contributed by atoms with E-state index in [9.17, 15) is 4.79 Å². The zero-order valence-electron chi connectivity index (χ0n) is 13.9. The molecule has 0 N–H and O–H groups in total. The Kier molecular flexibility index (Phi) is 5.00. The number of aromatic nitrogens is 4. The van der Waals surface area contributed by atoms with Gasteiger partial charge in [0.25, 0.3) is 0 Å². The number of rotatable bonds is 4. The van der Waals surface area contributed by atoms with Crippen LogP contribution in [-0.4, -0.2) is 56.3 Å². The molecule has 0 radical (unpaired) electrons. The van der Waals surface area contributed by atoms with E-state index in [4.69, 9.17) is 4.74 Å². The molecule has 1 amide bonds. The minimum Gasteiger partial charge on any atom is -0.372 e. The number of nitrogens with zero attached hydrogens (tertiary/aromatic N) is 5. The summed E-state index contributed by atoms with van der Waals surface area (Å²) in [6.45, 7) is 5.27. The molecule has 2 heterocycles. The van der Waals surface area contributed by atoms with Crippen molar-refractivity contribution >= 4 is 18.1 Å². The Morgan fingerprint density at radius 3 is 2.62 bits per heavy atom. The van der Waals surface area contributed by atoms with Crippen LogP contribution in [-0.2, 0) is 16.1 Å². The molecule has 1 fully saturated rings. The van der Waals surface area contributed by atoms with E-state index < -0.39 is 0 Å². The van der Waals surface area contributed by atoms with Gasteiger partial charge in [-0.1, -0.05) is 36.4 Å². The number of tetrazole rings is 1. The van der Waals surface area contributed by atoms with E-state index in [2.05, 4.69) is 15.5 Å². The SMILES string of the molecule is CC1CN(C(=O)Cn2nnnc2C=Cc2ccccc2)CC(C)O1. The summed E-state index contributed by atoms with van der Waals surface area (Å²) in [5.41, 5.74) is 1.05. The zero-order valence-corrected chi connectivity index (χ0v) is 13.9. The molecule has 2 aromatic rings. The first-order valence-corrected chi connectivity index (χ1v) is 8.04. The average molecular weight is 327 g/mol. The Hall–Kier alpha value is -2.54. The molecule has 1 aliphatic heterocycles. The first-order chi connectivity index (χ1) is 11.6. The van der Waals surface area contributed by atoms with Crippen LogP contribution in [0.3, 0.4) is 0 Å². The summed E-state index contributed by atoms with van der Waals surface area (Å²) in [5, 5.41) is 11.6. The van der Waals surface area contributed by atoms with E-state index in [0.29, 0.717) is 18.9 Å². The first-order valence-electron chi connectivity index (χ1n) is 8.04. The molecule has 24 heavy (non-hydrogen) atoms. The summed E-state index contributed by atoms with van der Waals surface area (Å²) < 4.78 is 7.18. The van der Waals surface area contributed by atoms with E-state index in [1.807, 2.05) is 61.2 Å². The standard InChI is InChI=1S/C17H21N5O2/c1-13-10-21(11-14(2)24-13)17(23)12-22-16(18-19-20-22)9-8-15-6-4-3-5-7-15/h3-9,13-14H,10-12H2,1-2H3. The van der Waals surface area contributed by atoms with Crippen LogP contribution in [0.25, 0.3) is 12.2 Å². The van der Waals surface area contributed by atoms with E-state index in [0.717, 1.165) is 5.56 Å². The maximum Gasteiger partial charge on any atom is 0.244 e. The summed E-state index contributed by atoms with van der Waals surface area (Å²) >= 11 is 0. The summed E-state index contributed by atoms with van der Waals surface area (Å²) in [6, 6.07) is 9.88. The molecule has 2 unspecified atom stereocenters. The number of hydrogen-bond donors (Lipinski definition) is 0. The van der Waals surface area contributed by atoms with Gasteiger partial charge in [0.05, 0.1) is 12.2 Å². The number of amides is 1. The molecule has 126 valence electrons. The van der Waals surface area contributed by atoms with Crippen molar-refractivity contribution in [1.82, 2.24) is 25.1 Å². The van der Waals surface area contributed by atoms with Gasteiger partial charge in [-0.2, -0.15) is 0 Å². The molecule has 0 aliphatic carbocycles. The lowest BCUT2D eigenvalue weighted by Gasteiger charge is -2.35. The number of hydrogen-bond acceptors (Lipinski definition) is 5. The van der Waals surface area contributed by atoms with Crippen molar-refractivity contribution in [2.75, 3.05) is 13.1 Å². The molecular weight excluding hydrogens is 306 g/mol. The van der Waals surface area contributed by atoms with Gasteiger partial charge in [-0.25, -0.2) is 4.68 Å². The van der Waals surface area contributed by atoms with Gasteiger partial charge in [-0.3, -0.25) is 4.79 Å². The van der Waals surface area contributed by atoms with Crippen molar-refractivity contribution in [2.24, 2.45) is 0 Å². The molecule has 2 atom stereocenters. The molecule has 0 saturated carbocycles. The highest BCUT2D eigenvalue weighted by atomic mass is 16.5. The second-order valence-electron chi connectivity index (χ2n) is 5.99. The highest BCUT2D eigenvalue weighted by molar-refractivity contribution is 5.76. The third kappa shape index (κ3) is 4.05. The molecule has 0 spiro atoms. The Bertz CT molecular complexity index is 703. The Morgan fingerprint density at radius 1 is 1.21 bits per heavy atom. The number of carbonyl (C=O) groups excluding carboxylic acids is 1. The number of ether oxygens (including phenoxy) is 1. The Balaban J connectivity index is 1.67. The molecule has 1 aliphatic rings. The fraction of sp³-hybridized carbons (Fsp3) is 0.412. The van der Waals surface area contributed by atoms with Gasteiger partial charge in [0.2, 0.25) is 5.91 Å². The highest BCUT2D eigenvalue weighted by Crippen LogP contribution is 2.12. The largest absolute Gasteiger partial charge is 0.372 e. The van der Waals surface area contributed by atoms with Crippen LogP contribution in [0, 0.1) is 0 Å². The molecule has 0 bridgehead atoms. The van der Waals surface area contributed by atoms with Crippen LogP contribution in [0.1, 0.15) is 25.2 Å². The molecule has 1 saturated heterocycles. The van der Waals surface area contributed by atoms with Crippen molar-refractivity contribution in [3.63, 3.8) is 0 Å². The van der Waals surface area contributed by atoms with Gasteiger partial charge >= 0.3 is 0 Å². The lowest BCUT2D eigenvalue weighted by molar-refractivity contribution is -0.144. The van der Waals surface area contributed by atoms with Gasteiger partial charge in [0.1, 0.15) is 6.54 Å².